The molecule has 1 N–H and O–H groups in total. The van der Waals surface area contributed by atoms with E-state index in [0.29, 0.717) is 34.4 Å². The third kappa shape index (κ3) is 5.56. The van der Waals surface area contributed by atoms with Crippen LogP contribution >= 0.6 is 23.2 Å². The van der Waals surface area contributed by atoms with Crippen LogP contribution in [-0.4, -0.2) is 31.7 Å². The molecule has 2 rings (SSSR count). The summed E-state index contributed by atoms with van der Waals surface area (Å²) in [6, 6.07) is 11.1. The summed E-state index contributed by atoms with van der Waals surface area (Å²) >= 11 is 11.9. The molecule has 2 aromatic rings. The summed E-state index contributed by atoms with van der Waals surface area (Å²) in [5.74, 6) is -0.376. The zero-order chi connectivity index (χ0) is 20.0. The maximum absolute atomic E-state index is 12.5. The summed E-state index contributed by atoms with van der Waals surface area (Å²) in [4.78, 5) is 12.3. The Morgan fingerprint density at radius 3 is 2.30 bits per heavy atom. The number of nitrogens with one attached hydrogen (secondary N) is 1. The van der Waals surface area contributed by atoms with Gasteiger partial charge in [0.25, 0.3) is 0 Å². The van der Waals surface area contributed by atoms with E-state index in [-0.39, 0.29) is 10.8 Å². The number of sulfonamides is 1. The first-order chi connectivity index (χ1) is 12.8. The quantitative estimate of drug-likeness (QED) is 0.653. The van der Waals surface area contributed by atoms with E-state index in [4.69, 9.17) is 23.2 Å². The monoisotopic (exact) mass is 426 g/mol. The zero-order valence-corrected chi connectivity index (χ0v) is 17.3. The molecule has 0 heterocycles. The Morgan fingerprint density at radius 1 is 1.07 bits per heavy atom. The summed E-state index contributed by atoms with van der Waals surface area (Å²) < 4.78 is 26.3. The normalized spacial score (nSPS) is 11.9. The van der Waals surface area contributed by atoms with Crippen molar-refractivity contribution in [1.82, 2.24) is 4.31 Å². The van der Waals surface area contributed by atoms with Gasteiger partial charge in [-0.3, -0.25) is 4.79 Å². The number of carbonyl (C=O) groups excluding carboxylic acids is 1. The number of hydrogen-bond acceptors (Lipinski definition) is 3. The maximum atomic E-state index is 12.5. The second-order valence-corrected chi connectivity index (χ2v) is 8.39. The molecule has 0 aliphatic rings. The van der Waals surface area contributed by atoms with Crippen molar-refractivity contribution in [3.8, 4) is 0 Å². The molecule has 0 unspecified atom stereocenters. The summed E-state index contributed by atoms with van der Waals surface area (Å²) in [6.07, 6.45) is 2.92. The molecule has 2 aromatic carbocycles. The van der Waals surface area contributed by atoms with Crippen molar-refractivity contribution in [3.05, 3.63) is 64.1 Å². The van der Waals surface area contributed by atoms with Crippen LogP contribution in [0.2, 0.25) is 10.0 Å². The van der Waals surface area contributed by atoms with Gasteiger partial charge in [-0.1, -0.05) is 49.2 Å². The van der Waals surface area contributed by atoms with Gasteiger partial charge in [0.2, 0.25) is 15.9 Å². The minimum Gasteiger partial charge on any atom is -0.321 e. The number of amides is 1. The minimum atomic E-state index is -3.50. The standard InChI is InChI=1S/C19H20Cl2N2O3S/c1-3-23(4-2)27(25,26)16-9-5-14(6-10-16)7-12-19(24)22-18-13-15(20)8-11-17(18)21/h5-13H,3-4H2,1-2H3,(H,22,24). The molecule has 0 fully saturated rings. The highest BCUT2D eigenvalue weighted by Crippen LogP contribution is 2.25. The zero-order valence-electron chi connectivity index (χ0n) is 14.9. The lowest BCUT2D eigenvalue weighted by molar-refractivity contribution is -0.111. The van der Waals surface area contributed by atoms with Gasteiger partial charge in [0.05, 0.1) is 15.6 Å². The van der Waals surface area contributed by atoms with Gasteiger partial charge in [-0.25, -0.2) is 8.42 Å². The summed E-state index contributed by atoms with van der Waals surface area (Å²) in [6.45, 7) is 4.41. The number of halogens is 2. The Kier molecular flexibility index (Phi) is 7.44. The van der Waals surface area contributed by atoms with E-state index in [1.165, 1.54) is 22.5 Å². The second kappa shape index (κ2) is 9.37. The molecule has 0 aromatic heterocycles. The number of anilines is 1. The predicted molar refractivity (Wildman–Crippen MR) is 111 cm³/mol. The molecular weight excluding hydrogens is 407 g/mol. The maximum Gasteiger partial charge on any atom is 0.248 e. The molecule has 0 atom stereocenters. The van der Waals surface area contributed by atoms with Crippen LogP contribution in [0.3, 0.4) is 0 Å². The molecular formula is C19H20Cl2N2O3S. The number of carbonyl (C=O) groups is 1. The van der Waals surface area contributed by atoms with Crippen molar-refractivity contribution < 1.29 is 13.2 Å². The number of hydrogen-bond donors (Lipinski definition) is 1. The second-order valence-electron chi connectivity index (χ2n) is 5.61. The van der Waals surface area contributed by atoms with Crippen LogP contribution in [0.4, 0.5) is 5.69 Å². The van der Waals surface area contributed by atoms with Gasteiger partial charge in [-0.15, -0.1) is 0 Å². The van der Waals surface area contributed by atoms with E-state index >= 15 is 0 Å². The van der Waals surface area contributed by atoms with E-state index in [0.717, 1.165) is 0 Å². The first-order valence-electron chi connectivity index (χ1n) is 8.32. The fourth-order valence-corrected chi connectivity index (χ4v) is 4.20. The lowest BCUT2D eigenvalue weighted by Gasteiger charge is -2.18. The topological polar surface area (TPSA) is 66.5 Å². The highest BCUT2D eigenvalue weighted by molar-refractivity contribution is 7.89. The number of benzene rings is 2. The number of rotatable bonds is 7. The van der Waals surface area contributed by atoms with Crippen molar-refractivity contribution in [2.24, 2.45) is 0 Å². The van der Waals surface area contributed by atoms with Crippen molar-refractivity contribution in [1.29, 1.82) is 0 Å². The Labute approximate surface area is 169 Å². The molecule has 0 aliphatic heterocycles. The van der Waals surface area contributed by atoms with Crippen molar-refractivity contribution in [2.45, 2.75) is 18.7 Å². The third-order valence-electron chi connectivity index (χ3n) is 3.84. The van der Waals surface area contributed by atoms with Gasteiger partial charge in [-0.2, -0.15) is 4.31 Å². The largest absolute Gasteiger partial charge is 0.321 e. The Bertz CT molecular complexity index is 938. The minimum absolute atomic E-state index is 0.221. The van der Waals surface area contributed by atoms with E-state index in [1.807, 2.05) is 0 Å². The van der Waals surface area contributed by atoms with Crippen LogP contribution in [0.1, 0.15) is 19.4 Å². The van der Waals surface area contributed by atoms with Crippen LogP contribution in [0, 0.1) is 0 Å². The van der Waals surface area contributed by atoms with Crippen LogP contribution in [-0.2, 0) is 14.8 Å². The molecule has 1 amide bonds. The van der Waals surface area contributed by atoms with E-state index in [2.05, 4.69) is 5.32 Å². The molecule has 0 saturated carbocycles. The lowest BCUT2D eigenvalue weighted by atomic mass is 10.2. The molecule has 0 saturated heterocycles. The molecule has 27 heavy (non-hydrogen) atoms. The molecule has 0 radical (unpaired) electrons. The molecule has 8 heteroatoms. The Hall–Kier alpha value is -1.86. The first-order valence-corrected chi connectivity index (χ1v) is 10.5. The first kappa shape index (κ1) is 21.4. The van der Waals surface area contributed by atoms with Gasteiger partial charge >= 0.3 is 0 Å². The van der Waals surface area contributed by atoms with Gasteiger partial charge in [-0.05, 0) is 42.0 Å². The average Bonchev–Trinajstić information content (AvgIpc) is 2.64. The lowest BCUT2D eigenvalue weighted by Crippen LogP contribution is -2.30. The van der Waals surface area contributed by atoms with E-state index in [9.17, 15) is 13.2 Å². The van der Waals surface area contributed by atoms with Crippen molar-refractivity contribution in [3.63, 3.8) is 0 Å². The Morgan fingerprint density at radius 2 is 1.70 bits per heavy atom. The highest BCUT2D eigenvalue weighted by atomic mass is 35.5. The van der Waals surface area contributed by atoms with Gasteiger partial charge < -0.3 is 5.32 Å². The average molecular weight is 427 g/mol. The van der Waals surface area contributed by atoms with E-state index in [1.54, 1.807) is 50.3 Å². The van der Waals surface area contributed by atoms with Crippen LogP contribution < -0.4 is 5.32 Å². The fourth-order valence-electron chi connectivity index (χ4n) is 2.40. The van der Waals surface area contributed by atoms with Gasteiger partial charge in [0.1, 0.15) is 0 Å². The third-order valence-corrected chi connectivity index (χ3v) is 6.47. The van der Waals surface area contributed by atoms with Crippen LogP contribution in [0.5, 0.6) is 0 Å². The summed E-state index contributed by atoms with van der Waals surface area (Å²) in [7, 11) is -3.50. The highest BCUT2D eigenvalue weighted by Gasteiger charge is 2.20. The van der Waals surface area contributed by atoms with Crippen LogP contribution in [0.15, 0.2) is 53.4 Å². The predicted octanol–water partition coefficient (Wildman–Crippen LogP) is 4.68. The SMILES string of the molecule is CCN(CC)S(=O)(=O)c1ccc(C=CC(=O)Nc2cc(Cl)ccc2Cl)cc1. The number of nitrogens with zero attached hydrogens (tertiary/aromatic N) is 1. The van der Waals surface area contributed by atoms with E-state index < -0.39 is 10.0 Å². The van der Waals surface area contributed by atoms with Crippen molar-refractivity contribution >= 4 is 50.9 Å². The molecule has 144 valence electrons. The Balaban J connectivity index is 2.09. The summed E-state index contributed by atoms with van der Waals surface area (Å²) in [5.41, 5.74) is 1.11. The summed E-state index contributed by atoms with van der Waals surface area (Å²) in [5, 5.41) is 3.49. The molecule has 0 aliphatic carbocycles. The molecule has 5 nitrogen and oxygen atoms in total. The van der Waals surface area contributed by atoms with Crippen LogP contribution in [0.25, 0.3) is 6.08 Å². The van der Waals surface area contributed by atoms with Gasteiger partial charge in [0.15, 0.2) is 0 Å². The smallest absolute Gasteiger partial charge is 0.248 e. The fraction of sp³-hybridized carbons (Fsp3) is 0.211. The van der Waals surface area contributed by atoms with Gasteiger partial charge in [0, 0.05) is 24.2 Å². The molecule has 0 bridgehead atoms. The van der Waals surface area contributed by atoms with Crippen molar-refractivity contribution in [2.75, 3.05) is 18.4 Å². The molecule has 0 spiro atoms.